The first kappa shape index (κ1) is 22.9. The van der Waals surface area contributed by atoms with Crippen molar-refractivity contribution in [1.82, 2.24) is 19.9 Å². The van der Waals surface area contributed by atoms with Crippen molar-refractivity contribution in [2.75, 3.05) is 0 Å². The van der Waals surface area contributed by atoms with Gasteiger partial charge in [0.2, 0.25) is 0 Å². The minimum absolute atomic E-state index is 0.886. The quantitative estimate of drug-likeness (QED) is 0.157. The summed E-state index contributed by atoms with van der Waals surface area (Å²) in [5, 5.41) is 5.45. The number of benzene rings is 4. The van der Waals surface area contributed by atoms with Gasteiger partial charge >= 0.3 is 0 Å². The van der Waals surface area contributed by atoms with Crippen LogP contribution in [0.25, 0.3) is 44.0 Å². The second-order valence-corrected chi connectivity index (χ2v) is 13.5. The Balaban J connectivity index is 1.42. The second kappa shape index (κ2) is 9.21. The van der Waals surface area contributed by atoms with Gasteiger partial charge in [-0.25, -0.2) is 9.97 Å². The molecule has 0 N–H and O–H groups in total. The molecule has 0 saturated carbocycles. The summed E-state index contributed by atoms with van der Waals surface area (Å²) >= 11 is 6.46. The van der Waals surface area contributed by atoms with Crippen molar-refractivity contribution in [3.05, 3.63) is 128 Å². The molecule has 0 saturated heterocycles. The van der Waals surface area contributed by atoms with Crippen LogP contribution in [0.5, 0.6) is 0 Å². The zero-order valence-corrected chi connectivity index (χ0v) is 22.0. The summed E-state index contributed by atoms with van der Waals surface area (Å²) in [7, 11) is 0. The van der Waals surface area contributed by atoms with Gasteiger partial charge in [-0.05, 0) is 52.1 Å². The van der Waals surface area contributed by atoms with Crippen molar-refractivity contribution < 1.29 is 0 Å². The van der Waals surface area contributed by atoms with Gasteiger partial charge in [0.15, 0.2) is 0 Å². The first-order valence-electron chi connectivity index (χ1n) is 12.3. The third-order valence-electron chi connectivity index (χ3n) is 6.91. The number of aromatic nitrogens is 4. The summed E-state index contributed by atoms with van der Waals surface area (Å²) in [5.74, 6) is 0. The minimum Gasteiger partial charge on any atom is -0.264 e. The third kappa shape index (κ3) is 3.71. The molecule has 0 aliphatic carbocycles. The molecular weight excluding hydrogens is 503 g/mol. The van der Waals surface area contributed by atoms with Crippen molar-refractivity contribution in [2.24, 2.45) is 0 Å². The lowest BCUT2D eigenvalue weighted by atomic mass is 9.97. The van der Waals surface area contributed by atoms with Crippen LogP contribution < -0.4 is 15.9 Å². The van der Waals surface area contributed by atoms with E-state index in [1.54, 1.807) is 12.4 Å². The van der Waals surface area contributed by atoms with Crippen molar-refractivity contribution in [3.8, 4) is 11.1 Å². The average Bonchev–Trinajstić information content (AvgIpc) is 3.00. The lowest BCUT2D eigenvalue weighted by Crippen LogP contribution is -2.25. The second-order valence-electron chi connectivity index (χ2n) is 9.13. The monoisotopic (exact) mass is 524 g/mol. The number of para-hydroxylation sites is 2. The Morgan fingerprint density at radius 2 is 1.13 bits per heavy atom. The molecule has 0 spiro atoms. The fraction of sp³-hybridized carbons (Fsp3) is 0. The van der Waals surface area contributed by atoms with Crippen LogP contribution in [0.15, 0.2) is 128 Å². The highest BCUT2D eigenvalue weighted by Gasteiger charge is 2.25. The van der Waals surface area contributed by atoms with Gasteiger partial charge in [0, 0.05) is 46.8 Å². The maximum absolute atomic E-state index is 6.46. The van der Waals surface area contributed by atoms with Gasteiger partial charge in [0.1, 0.15) is 0 Å². The lowest BCUT2D eigenvalue weighted by molar-refractivity contribution is 1.34. The van der Waals surface area contributed by atoms with Crippen molar-refractivity contribution in [2.45, 2.75) is 0 Å². The molecular formula is C32H21N4PS. The third-order valence-corrected chi connectivity index (χ3v) is 11.8. The highest BCUT2D eigenvalue weighted by molar-refractivity contribution is 8.25. The number of hydrogen-bond donors (Lipinski definition) is 0. The molecule has 0 atom stereocenters. The molecule has 38 heavy (non-hydrogen) atoms. The molecule has 180 valence electrons. The summed E-state index contributed by atoms with van der Waals surface area (Å²) in [6.45, 7) is 0. The van der Waals surface area contributed by atoms with Gasteiger partial charge in [-0.2, -0.15) is 0 Å². The maximum Gasteiger partial charge on any atom is 0.0973 e. The van der Waals surface area contributed by atoms with Gasteiger partial charge in [-0.1, -0.05) is 84.6 Å². The number of nitrogens with zero attached hydrogens (tertiary/aromatic N) is 4. The molecule has 0 aliphatic heterocycles. The number of rotatable bonds is 4. The molecule has 0 amide bonds. The molecule has 0 radical (unpaired) electrons. The summed E-state index contributed by atoms with van der Waals surface area (Å²) < 4.78 is 0. The summed E-state index contributed by atoms with van der Waals surface area (Å²) in [5.41, 5.74) is 5.84. The van der Waals surface area contributed by atoms with E-state index in [4.69, 9.17) is 21.8 Å². The Labute approximate surface area is 225 Å². The van der Waals surface area contributed by atoms with E-state index in [0.29, 0.717) is 0 Å². The number of fused-ring (bicyclic) bond motifs is 4. The predicted octanol–water partition coefficient (Wildman–Crippen LogP) is 6.15. The van der Waals surface area contributed by atoms with Crippen LogP contribution in [0, 0.1) is 0 Å². The van der Waals surface area contributed by atoms with E-state index < -0.39 is 6.04 Å². The predicted molar refractivity (Wildman–Crippen MR) is 162 cm³/mol. The average molecular weight is 525 g/mol. The highest BCUT2D eigenvalue weighted by atomic mass is 32.4. The normalized spacial score (nSPS) is 11.8. The molecule has 3 aromatic heterocycles. The molecule has 4 aromatic carbocycles. The highest BCUT2D eigenvalue weighted by Crippen LogP contribution is 2.43. The van der Waals surface area contributed by atoms with E-state index >= 15 is 0 Å². The summed E-state index contributed by atoms with van der Waals surface area (Å²) in [6.07, 6.45) is 7.35. The topological polar surface area (TPSA) is 51.6 Å². The van der Waals surface area contributed by atoms with Crippen molar-refractivity contribution >= 4 is 66.6 Å². The molecule has 3 heterocycles. The smallest absolute Gasteiger partial charge is 0.0973 e. The molecule has 0 fully saturated rings. The van der Waals surface area contributed by atoms with E-state index in [9.17, 15) is 0 Å². The fourth-order valence-corrected chi connectivity index (χ4v) is 8.60. The minimum atomic E-state index is -2.32. The summed E-state index contributed by atoms with van der Waals surface area (Å²) in [6, 6.07) is 33.0. The first-order chi connectivity index (χ1) is 18.7. The van der Waals surface area contributed by atoms with Gasteiger partial charge in [-0.15, -0.1) is 0 Å². The van der Waals surface area contributed by atoms with Crippen LogP contribution >= 0.6 is 6.04 Å². The number of hydrogen-bond acceptors (Lipinski definition) is 5. The maximum atomic E-state index is 6.46. The van der Waals surface area contributed by atoms with E-state index in [-0.39, 0.29) is 0 Å². The lowest BCUT2D eigenvalue weighted by Gasteiger charge is -2.23. The van der Waals surface area contributed by atoms with Crippen LogP contribution in [0.4, 0.5) is 0 Å². The fourth-order valence-electron chi connectivity index (χ4n) is 5.07. The Morgan fingerprint density at radius 1 is 0.526 bits per heavy atom. The Kier molecular flexibility index (Phi) is 5.54. The zero-order chi connectivity index (χ0) is 25.5. The zero-order valence-electron chi connectivity index (χ0n) is 20.3. The molecule has 0 bridgehead atoms. The van der Waals surface area contributed by atoms with Crippen LogP contribution in [-0.4, -0.2) is 19.9 Å². The van der Waals surface area contributed by atoms with E-state index in [0.717, 1.165) is 59.9 Å². The Hall–Kier alpha value is -4.31. The molecule has 0 unspecified atom stereocenters. The van der Waals surface area contributed by atoms with E-state index in [1.165, 1.54) is 0 Å². The summed E-state index contributed by atoms with van der Waals surface area (Å²) in [4.78, 5) is 18.7. The van der Waals surface area contributed by atoms with Gasteiger partial charge < -0.3 is 0 Å². The van der Waals surface area contributed by atoms with Gasteiger partial charge in [0.25, 0.3) is 0 Å². The molecule has 7 rings (SSSR count). The Morgan fingerprint density at radius 3 is 1.76 bits per heavy atom. The Bertz CT molecular complexity index is 1950. The molecule has 4 nitrogen and oxygen atoms in total. The van der Waals surface area contributed by atoms with Gasteiger partial charge in [0.05, 0.1) is 22.1 Å². The standard InChI is InChI=1S/C32H21N4PS/c38-37(24-7-5-17-33-20-24,25-8-6-18-34-21-25)23-15-13-22(14-16-23)28-19-31-32(27-10-2-1-9-26(27)28)36-30-12-4-3-11-29(30)35-31/h1-21H. The SMILES string of the molecule is S=P(c1ccc(-c2cc3nc4ccccc4nc3c3ccccc23)cc1)(c1cccnc1)c1cccnc1. The van der Waals surface area contributed by atoms with E-state index in [1.807, 2.05) is 48.8 Å². The first-order valence-corrected chi connectivity index (χ1v) is 15.1. The van der Waals surface area contributed by atoms with Crippen LogP contribution in [0.2, 0.25) is 0 Å². The van der Waals surface area contributed by atoms with Crippen LogP contribution in [0.1, 0.15) is 0 Å². The van der Waals surface area contributed by atoms with Crippen LogP contribution in [0.3, 0.4) is 0 Å². The van der Waals surface area contributed by atoms with Gasteiger partial charge in [-0.3, -0.25) is 9.97 Å². The number of pyridine rings is 2. The molecule has 0 aliphatic rings. The van der Waals surface area contributed by atoms with Crippen LogP contribution in [-0.2, 0) is 11.8 Å². The molecule has 7 aromatic rings. The van der Waals surface area contributed by atoms with E-state index in [2.05, 4.69) is 76.7 Å². The largest absolute Gasteiger partial charge is 0.264 e. The van der Waals surface area contributed by atoms with Crippen molar-refractivity contribution in [3.63, 3.8) is 0 Å². The van der Waals surface area contributed by atoms with Crippen molar-refractivity contribution in [1.29, 1.82) is 0 Å². The molecule has 6 heteroatoms.